The van der Waals surface area contributed by atoms with E-state index >= 15 is 0 Å². The summed E-state index contributed by atoms with van der Waals surface area (Å²) in [5, 5.41) is 43.0. The van der Waals surface area contributed by atoms with Gasteiger partial charge in [0.05, 0.1) is 35.0 Å². The molecular weight excluding hydrogens is 408 g/mol. The van der Waals surface area contributed by atoms with Gasteiger partial charge < -0.3 is 25.2 Å². The fraction of sp³-hybridized carbons (Fsp3) is 0.273. The third-order valence-electron chi connectivity index (χ3n) is 6.07. The van der Waals surface area contributed by atoms with E-state index in [1.54, 1.807) is 0 Å². The molecule has 2 aliphatic carbocycles. The Morgan fingerprint density at radius 3 is 2.29 bits per heavy atom. The van der Waals surface area contributed by atoms with E-state index in [-0.39, 0.29) is 17.5 Å². The Bertz CT molecular complexity index is 1210. The topological polar surface area (TPSA) is 158 Å². The molecule has 2 aromatic carbocycles. The van der Waals surface area contributed by atoms with Crippen molar-refractivity contribution < 1.29 is 44.3 Å². The second-order valence-electron chi connectivity index (χ2n) is 7.61. The van der Waals surface area contributed by atoms with Crippen molar-refractivity contribution in [3.8, 4) is 17.2 Å². The van der Waals surface area contributed by atoms with Gasteiger partial charge in [0.15, 0.2) is 11.6 Å². The molecule has 0 bridgehead atoms. The Morgan fingerprint density at radius 2 is 1.68 bits per heavy atom. The lowest BCUT2D eigenvalue weighted by Gasteiger charge is -2.39. The number of phenols is 3. The highest BCUT2D eigenvalue weighted by atomic mass is 16.5. The van der Waals surface area contributed by atoms with Crippen LogP contribution in [0.15, 0.2) is 18.2 Å². The lowest BCUT2D eigenvalue weighted by atomic mass is 9.67. The number of hydrogen-bond donors (Lipinski definition) is 4. The van der Waals surface area contributed by atoms with E-state index in [0.717, 1.165) is 7.11 Å². The molecule has 2 aliphatic rings. The number of hydrogen-bond acceptors (Lipinski definition) is 9. The molecule has 31 heavy (non-hydrogen) atoms. The average molecular weight is 426 g/mol. The van der Waals surface area contributed by atoms with Gasteiger partial charge in [-0.1, -0.05) is 19.1 Å². The van der Waals surface area contributed by atoms with Gasteiger partial charge in [-0.3, -0.25) is 19.2 Å². The molecule has 0 saturated carbocycles. The first-order valence-corrected chi connectivity index (χ1v) is 9.45. The number of esters is 1. The first kappa shape index (κ1) is 20.5. The summed E-state index contributed by atoms with van der Waals surface area (Å²) in [6.07, 6.45) is -0.648. The Hall–Kier alpha value is -3.72. The van der Waals surface area contributed by atoms with Crippen molar-refractivity contribution in [1.29, 1.82) is 0 Å². The minimum atomic E-state index is -1.94. The number of Topliss-reactive ketones (excluding diaryl/α,β-unsaturated/α-hetero) is 1. The standard InChI is InChI=1S/C22H18O9/c1-3-22(30)7-10(24)12-13(16(22)21(29)31-2)20(28)14-15(19(12)27)18(26)11-8(17(14)25)5-4-6-9(11)23/h4-6,16,23,27-28,30H,3,7H2,1-2H3/t16-,22+/m1/s1. The van der Waals surface area contributed by atoms with Gasteiger partial charge in [0.2, 0.25) is 5.78 Å². The largest absolute Gasteiger partial charge is 0.507 e. The number of ether oxygens (including phenoxy) is 1. The number of ketones is 3. The molecule has 9 heteroatoms. The highest BCUT2D eigenvalue weighted by Gasteiger charge is 2.53. The maximum atomic E-state index is 13.1. The van der Waals surface area contributed by atoms with Crippen LogP contribution in [-0.4, -0.2) is 56.5 Å². The van der Waals surface area contributed by atoms with E-state index < -0.39 is 80.8 Å². The molecule has 2 atom stereocenters. The number of aromatic hydroxyl groups is 3. The van der Waals surface area contributed by atoms with Crippen LogP contribution in [0.25, 0.3) is 0 Å². The summed E-state index contributed by atoms with van der Waals surface area (Å²) < 4.78 is 4.75. The molecule has 0 spiro atoms. The van der Waals surface area contributed by atoms with E-state index in [9.17, 15) is 39.6 Å². The van der Waals surface area contributed by atoms with Gasteiger partial charge in [0.1, 0.15) is 23.2 Å². The molecule has 9 nitrogen and oxygen atoms in total. The van der Waals surface area contributed by atoms with Gasteiger partial charge in [-0.15, -0.1) is 0 Å². The first-order valence-electron chi connectivity index (χ1n) is 9.45. The van der Waals surface area contributed by atoms with E-state index in [0.29, 0.717) is 0 Å². The summed E-state index contributed by atoms with van der Waals surface area (Å²) in [6.45, 7) is 1.53. The van der Waals surface area contributed by atoms with E-state index in [1.807, 2.05) is 0 Å². The molecule has 0 heterocycles. The monoisotopic (exact) mass is 426 g/mol. The molecule has 0 saturated heterocycles. The zero-order valence-electron chi connectivity index (χ0n) is 16.6. The van der Waals surface area contributed by atoms with Crippen molar-refractivity contribution in [2.45, 2.75) is 31.3 Å². The lowest BCUT2D eigenvalue weighted by molar-refractivity contribution is -0.150. The molecule has 160 valence electrons. The summed E-state index contributed by atoms with van der Waals surface area (Å²) >= 11 is 0. The van der Waals surface area contributed by atoms with Crippen molar-refractivity contribution in [2.24, 2.45) is 0 Å². The number of aliphatic hydroxyl groups is 1. The molecule has 0 aliphatic heterocycles. The van der Waals surface area contributed by atoms with Crippen LogP contribution in [0.5, 0.6) is 17.2 Å². The number of methoxy groups -OCH3 is 1. The van der Waals surface area contributed by atoms with Crippen LogP contribution in [-0.2, 0) is 9.53 Å². The van der Waals surface area contributed by atoms with Crippen molar-refractivity contribution in [3.05, 3.63) is 51.6 Å². The van der Waals surface area contributed by atoms with E-state index in [4.69, 9.17) is 4.74 Å². The molecule has 4 N–H and O–H groups in total. The molecule has 0 fully saturated rings. The van der Waals surface area contributed by atoms with E-state index in [2.05, 4.69) is 0 Å². The minimum Gasteiger partial charge on any atom is -0.507 e. The number of phenolic OH excluding ortho intramolecular Hbond substituents is 3. The Morgan fingerprint density at radius 1 is 1.03 bits per heavy atom. The zero-order valence-corrected chi connectivity index (χ0v) is 16.6. The normalized spacial score (nSPS) is 21.9. The maximum absolute atomic E-state index is 13.1. The Kier molecular flexibility index (Phi) is 4.40. The molecule has 0 radical (unpaired) electrons. The van der Waals surface area contributed by atoms with Crippen LogP contribution < -0.4 is 0 Å². The molecular formula is C22H18O9. The first-order chi connectivity index (χ1) is 14.6. The summed E-state index contributed by atoms with van der Waals surface area (Å²) in [5.74, 6) is -7.51. The van der Waals surface area contributed by atoms with Crippen LogP contribution in [0.2, 0.25) is 0 Å². The van der Waals surface area contributed by atoms with Crippen molar-refractivity contribution in [3.63, 3.8) is 0 Å². The van der Waals surface area contributed by atoms with Crippen LogP contribution in [0.3, 0.4) is 0 Å². The van der Waals surface area contributed by atoms with Gasteiger partial charge >= 0.3 is 5.97 Å². The van der Waals surface area contributed by atoms with Crippen molar-refractivity contribution >= 4 is 23.3 Å². The number of carbonyl (C=O) groups excluding carboxylic acids is 4. The predicted octanol–water partition coefficient (Wildman–Crippen LogP) is 1.56. The highest BCUT2D eigenvalue weighted by Crippen LogP contribution is 2.53. The molecule has 4 rings (SSSR count). The second-order valence-corrected chi connectivity index (χ2v) is 7.61. The molecule has 0 unspecified atom stereocenters. The van der Waals surface area contributed by atoms with Gasteiger partial charge in [-0.2, -0.15) is 0 Å². The minimum absolute atomic E-state index is 0.0706. The van der Waals surface area contributed by atoms with E-state index in [1.165, 1.54) is 25.1 Å². The summed E-state index contributed by atoms with van der Waals surface area (Å²) in [6, 6.07) is 3.78. The molecule has 2 aromatic rings. The molecule has 0 amide bonds. The lowest BCUT2D eigenvalue weighted by Crippen LogP contribution is -2.46. The number of carbonyl (C=O) groups is 4. The van der Waals surface area contributed by atoms with Crippen LogP contribution >= 0.6 is 0 Å². The van der Waals surface area contributed by atoms with Crippen molar-refractivity contribution in [1.82, 2.24) is 0 Å². The Balaban J connectivity index is 2.13. The Labute approximate surface area is 175 Å². The van der Waals surface area contributed by atoms with Crippen LogP contribution in [0.4, 0.5) is 0 Å². The predicted molar refractivity (Wildman–Crippen MR) is 104 cm³/mol. The van der Waals surface area contributed by atoms with Gasteiger partial charge in [-0.25, -0.2) is 0 Å². The zero-order chi connectivity index (χ0) is 22.8. The van der Waals surface area contributed by atoms with Crippen molar-refractivity contribution in [2.75, 3.05) is 7.11 Å². The van der Waals surface area contributed by atoms with Crippen LogP contribution in [0.1, 0.15) is 73.4 Å². The number of fused-ring (bicyclic) bond motifs is 3. The second kappa shape index (κ2) is 6.64. The summed E-state index contributed by atoms with van der Waals surface area (Å²) in [7, 11) is 1.05. The number of benzene rings is 2. The SMILES string of the molecule is CC[C@]1(O)CC(=O)c2c(O)c3c(c(O)c2[C@@H]1C(=O)OC)C(=O)c1cccc(O)c1C3=O. The summed E-state index contributed by atoms with van der Waals surface area (Å²) in [4.78, 5) is 51.6. The third-order valence-corrected chi connectivity index (χ3v) is 6.07. The van der Waals surface area contributed by atoms with Gasteiger partial charge in [0, 0.05) is 17.5 Å². The maximum Gasteiger partial charge on any atom is 0.316 e. The fourth-order valence-corrected chi connectivity index (χ4v) is 4.50. The average Bonchev–Trinajstić information content (AvgIpc) is 2.73. The number of rotatable bonds is 2. The summed E-state index contributed by atoms with van der Waals surface area (Å²) in [5.41, 5.74) is -4.77. The quantitative estimate of drug-likeness (QED) is 0.352. The fourth-order valence-electron chi connectivity index (χ4n) is 4.50. The van der Waals surface area contributed by atoms with Crippen LogP contribution in [0, 0.1) is 0 Å². The third kappa shape index (κ3) is 2.53. The smallest absolute Gasteiger partial charge is 0.316 e. The van der Waals surface area contributed by atoms with Gasteiger partial charge in [0.25, 0.3) is 0 Å². The van der Waals surface area contributed by atoms with Gasteiger partial charge in [-0.05, 0) is 12.5 Å². The highest BCUT2D eigenvalue weighted by molar-refractivity contribution is 6.32. The molecule has 0 aromatic heterocycles.